The number of hydrogen-bond donors (Lipinski definition) is 1. The van der Waals surface area contributed by atoms with E-state index in [2.05, 4.69) is 27.7 Å². The highest BCUT2D eigenvalue weighted by Gasteiger charge is 2.28. The van der Waals surface area contributed by atoms with Gasteiger partial charge in [-0.1, -0.05) is 49.6 Å². The minimum Gasteiger partial charge on any atom is -0.244 e. The summed E-state index contributed by atoms with van der Waals surface area (Å²) in [6.45, 7) is 0. The molecule has 1 aliphatic carbocycles. The molecule has 1 aliphatic rings. The Kier molecular flexibility index (Phi) is 3.44. The minimum atomic E-state index is -0.223. The van der Waals surface area contributed by atoms with Crippen LogP contribution in [0, 0.1) is 5.92 Å². The van der Waals surface area contributed by atoms with Gasteiger partial charge in [0.1, 0.15) is 0 Å². The van der Waals surface area contributed by atoms with E-state index in [-0.39, 0.29) is 11.7 Å². The fourth-order valence-corrected chi connectivity index (χ4v) is 3.10. The highest BCUT2D eigenvalue weighted by Crippen LogP contribution is 2.35. The molecule has 1 saturated carbocycles. The first-order valence-corrected chi connectivity index (χ1v) is 6.91. The van der Waals surface area contributed by atoms with Gasteiger partial charge in [-0.25, -0.2) is 9.89 Å². The summed E-state index contributed by atoms with van der Waals surface area (Å²) in [6.07, 6.45) is 6.07. The lowest BCUT2D eigenvalue weighted by Crippen LogP contribution is -2.31. The van der Waals surface area contributed by atoms with Crippen LogP contribution in [0.5, 0.6) is 0 Å². The number of rotatable bonds is 3. The van der Waals surface area contributed by atoms with E-state index >= 15 is 0 Å². The van der Waals surface area contributed by atoms with Gasteiger partial charge in [-0.2, -0.15) is 4.68 Å². The van der Waals surface area contributed by atoms with Gasteiger partial charge >= 0.3 is 5.69 Å². The van der Waals surface area contributed by atoms with E-state index in [0.717, 1.165) is 18.4 Å². The number of benzene rings is 1. The summed E-state index contributed by atoms with van der Waals surface area (Å²) >= 11 is 0. The van der Waals surface area contributed by atoms with Crippen LogP contribution in [0.15, 0.2) is 35.1 Å². The zero-order valence-corrected chi connectivity index (χ0v) is 10.8. The molecule has 2 aromatic rings. The van der Waals surface area contributed by atoms with Crippen LogP contribution in [0.3, 0.4) is 0 Å². The molecule has 3 rings (SSSR count). The van der Waals surface area contributed by atoms with Gasteiger partial charge in [-0.05, 0) is 34.7 Å². The van der Waals surface area contributed by atoms with Crippen LogP contribution in [0.25, 0.3) is 0 Å². The molecule has 1 aromatic heterocycles. The second-order valence-electron chi connectivity index (χ2n) is 5.20. The first-order chi connectivity index (χ1) is 9.36. The number of nitrogens with zero attached hydrogens (tertiary/aromatic N) is 3. The third-order valence-electron chi connectivity index (χ3n) is 4.00. The van der Waals surface area contributed by atoms with Gasteiger partial charge in [0.05, 0.1) is 6.04 Å². The molecular formula is C14H18N4O. The van der Waals surface area contributed by atoms with Crippen molar-refractivity contribution in [3.05, 3.63) is 46.4 Å². The average Bonchev–Trinajstić information content (AvgIpc) is 2.88. The number of aromatic nitrogens is 4. The van der Waals surface area contributed by atoms with Crippen LogP contribution in [-0.2, 0) is 0 Å². The number of H-pyrrole nitrogens is 1. The third-order valence-corrected chi connectivity index (χ3v) is 4.00. The van der Waals surface area contributed by atoms with Gasteiger partial charge in [0.15, 0.2) is 0 Å². The summed E-state index contributed by atoms with van der Waals surface area (Å²) in [5, 5.41) is 10.0. The van der Waals surface area contributed by atoms with Crippen molar-refractivity contribution >= 4 is 0 Å². The van der Waals surface area contributed by atoms with E-state index in [1.807, 2.05) is 18.2 Å². The molecule has 0 aliphatic heterocycles. The SMILES string of the molecule is O=c1[nH]nnn1[C@@H](c1ccccc1)C1CCCCC1. The molecule has 1 atom stereocenters. The van der Waals surface area contributed by atoms with Crippen molar-refractivity contribution < 1.29 is 0 Å². The smallest absolute Gasteiger partial charge is 0.244 e. The molecule has 5 heteroatoms. The van der Waals surface area contributed by atoms with Crippen molar-refractivity contribution in [1.29, 1.82) is 0 Å². The van der Waals surface area contributed by atoms with E-state index in [4.69, 9.17) is 0 Å². The molecule has 0 unspecified atom stereocenters. The van der Waals surface area contributed by atoms with Gasteiger partial charge in [0, 0.05) is 0 Å². The van der Waals surface area contributed by atoms with Gasteiger partial charge in [0.2, 0.25) is 0 Å². The van der Waals surface area contributed by atoms with Crippen molar-refractivity contribution in [3.8, 4) is 0 Å². The van der Waals surface area contributed by atoms with Gasteiger partial charge in [-0.15, -0.1) is 0 Å². The lowest BCUT2D eigenvalue weighted by atomic mass is 9.81. The third kappa shape index (κ3) is 2.45. The van der Waals surface area contributed by atoms with E-state index in [1.54, 1.807) is 0 Å². The van der Waals surface area contributed by atoms with Gasteiger partial charge in [-0.3, -0.25) is 0 Å². The molecule has 19 heavy (non-hydrogen) atoms. The lowest BCUT2D eigenvalue weighted by Gasteiger charge is -2.29. The zero-order valence-electron chi connectivity index (χ0n) is 10.8. The number of hydrogen-bond acceptors (Lipinski definition) is 3. The Morgan fingerprint density at radius 2 is 1.89 bits per heavy atom. The second-order valence-corrected chi connectivity index (χ2v) is 5.20. The molecular weight excluding hydrogens is 240 g/mol. The Bertz CT molecular complexity index is 568. The predicted octanol–water partition coefficient (Wildman–Crippen LogP) is 2.14. The first-order valence-electron chi connectivity index (χ1n) is 6.91. The van der Waals surface area contributed by atoms with Crippen LogP contribution in [0.2, 0.25) is 0 Å². The first kappa shape index (κ1) is 12.1. The summed E-state index contributed by atoms with van der Waals surface area (Å²) < 4.78 is 1.51. The van der Waals surface area contributed by atoms with Crippen molar-refractivity contribution in [3.63, 3.8) is 0 Å². The van der Waals surface area contributed by atoms with E-state index in [9.17, 15) is 4.79 Å². The number of tetrazole rings is 1. The van der Waals surface area contributed by atoms with Crippen LogP contribution in [-0.4, -0.2) is 20.2 Å². The Morgan fingerprint density at radius 1 is 1.16 bits per heavy atom. The highest BCUT2D eigenvalue weighted by atomic mass is 16.2. The molecule has 1 fully saturated rings. The van der Waals surface area contributed by atoms with Gasteiger partial charge in [0.25, 0.3) is 0 Å². The van der Waals surface area contributed by atoms with Crippen molar-refractivity contribution in [1.82, 2.24) is 20.2 Å². The van der Waals surface area contributed by atoms with Crippen molar-refractivity contribution in [2.45, 2.75) is 38.1 Å². The van der Waals surface area contributed by atoms with Crippen molar-refractivity contribution in [2.75, 3.05) is 0 Å². The Morgan fingerprint density at radius 3 is 2.53 bits per heavy atom. The largest absolute Gasteiger partial charge is 0.361 e. The summed E-state index contributed by atoms with van der Waals surface area (Å²) in [6, 6.07) is 10.2. The number of aromatic amines is 1. The van der Waals surface area contributed by atoms with Crippen LogP contribution in [0.1, 0.15) is 43.7 Å². The van der Waals surface area contributed by atoms with E-state index in [0.29, 0.717) is 5.92 Å². The maximum atomic E-state index is 11.9. The fourth-order valence-electron chi connectivity index (χ4n) is 3.10. The van der Waals surface area contributed by atoms with E-state index in [1.165, 1.54) is 23.9 Å². The molecule has 100 valence electrons. The Balaban J connectivity index is 2.00. The standard InChI is InChI=1S/C14H18N4O/c19-14-15-16-17-18(14)13(11-7-3-1-4-8-11)12-9-5-2-6-10-12/h1,3-4,7-8,12-13H,2,5-6,9-10H2,(H,15,17,19)/t13-/m0/s1. The molecule has 1 N–H and O–H groups in total. The highest BCUT2D eigenvalue weighted by molar-refractivity contribution is 5.20. The Hall–Kier alpha value is -1.91. The quantitative estimate of drug-likeness (QED) is 0.917. The van der Waals surface area contributed by atoms with Crippen LogP contribution in [0.4, 0.5) is 0 Å². The molecule has 0 bridgehead atoms. The molecule has 1 aromatic carbocycles. The topological polar surface area (TPSA) is 63.6 Å². The zero-order chi connectivity index (χ0) is 13.1. The fraction of sp³-hybridized carbons (Fsp3) is 0.500. The Labute approximate surface area is 111 Å². The summed E-state index contributed by atoms with van der Waals surface area (Å²) in [5.41, 5.74) is 0.921. The molecule has 5 nitrogen and oxygen atoms in total. The molecule has 0 saturated heterocycles. The van der Waals surface area contributed by atoms with Gasteiger partial charge < -0.3 is 0 Å². The number of nitrogens with one attached hydrogen (secondary N) is 1. The monoisotopic (exact) mass is 258 g/mol. The van der Waals surface area contributed by atoms with Crippen LogP contribution >= 0.6 is 0 Å². The molecule has 0 amide bonds. The summed E-state index contributed by atoms with van der Waals surface area (Å²) in [7, 11) is 0. The molecule has 1 heterocycles. The normalized spacial score (nSPS) is 18.3. The summed E-state index contributed by atoms with van der Waals surface area (Å²) in [4.78, 5) is 11.9. The maximum absolute atomic E-state index is 11.9. The average molecular weight is 258 g/mol. The van der Waals surface area contributed by atoms with E-state index < -0.39 is 0 Å². The van der Waals surface area contributed by atoms with Crippen LogP contribution < -0.4 is 5.69 Å². The molecule has 0 radical (unpaired) electrons. The predicted molar refractivity (Wildman–Crippen MR) is 71.8 cm³/mol. The van der Waals surface area contributed by atoms with Crippen molar-refractivity contribution in [2.24, 2.45) is 5.92 Å². The summed E-state index contributed by atoms with van der Waals surface area (Å²) in [5.74, 6) is 0.471. The second kappa shape index (κ2) is 5.38. The molecule has 0 spiro atoms. The minimum absolute atomic E-state index is 0.00718. The lowest BCUT2D eigenvalue weighted by molar-refractivity contribution is 0.260. The maximum Gasteiger partial charge on any atom is 0.361 e.